The second kappa shape index (κ2) is 3.70. The highest BCUT2D eigenvalue weighted by molar-refractivity contribution is 5.95. The van der Waals surface area contributed by atoms with Crippen LogP contribution < -0.4 is 4.74 Å². The van der Waals surface area contributed by atoms with Crippen molar-refractivity contribution in [3.05, 3.63) is 64.7 Å². The van der Waals surface area contributed by atoms with Crippen molar-refractivity contribution in [3.8, 4) is 5.75 Å². The first-order valence-corrected chi connectivity index (χ1v) is 6.59. The maximum absolute atomic E-state index is 12.3. The van der Waals surface area contributed by atoms with Crippen LogP contribution in [0.1, 0.15) is 40.5 Å². The predicted octanol–water partition coefficient (Wildman–Crippen LogP) is 3.25. The number of Topliss-reactive ketones (excluding diaryl/α,β-unsaturated/α-hetero) is 1. The zero-order valence-corrected chi connectivity index (χ0v) is 10.7. The largest absolute Gasteiger partial charge is 0.497 e. The lowest BCUT2D eigenvalue weighted by Crippen LogP contribution is -2.32. The molecule has 0 fully saturated rings. The smallest absolute Gasteiger partial charge is 0.145 e. The standard InChI is InChI=1S/C17H14O2/c1-19-10-6-7-13-14(8-10)15-9-16(18)17(13)12-5-3-2-4-11(12)15/h2-8,15,17H,9H2,1H3/t15-,17+/m0/s1. The number of rotatable bonds is 1. The first-order valence-electron chi connectivity index (χ1n) is 6.59. The summed E-state index contributed by atoms with van der Waals surface area (Å²) in [4.78, 5) is 12.3. The Morgan fingerprint density at radius 3 is 2.53 bits per heavy atom. The molecule has 0 radical (unpaired) electrons. The Hall–Kier alpha value is -2.09. The number of carbonyl (C=O) groups excluding carboxylic acids is 1. The van der Waals surface area contributed by atoms with Crippen LogP contribution in [0.25, 0.3) is 0 Å². The van der Waals surface area contributed by atoms with Crippen molar-refractivity contribution in [2.45, 2.75) is 18.3 Å². The van der Waals surface area contributed by atoms with Crippen molar-refractivity contribution in [3.63, 3.8) is 0 Å². The van der Waals surface area contributed by atoms with Crippen LogP contribution in [0.4, 0.5) is 0 Å². The van der Waals surface area contributed by atoms with Gasteiger partial charge in [0.25, 0.3) is 0 Å². The monoisotopic (exact) mass is 250 g/mol. The molecule has 2 aromatic carbocycles. The molecule has 0 aromatic heterocycles. The molecule has 3 aliphatic rings. The minimum Gasteiger partial charge on any atom is -0.497 e. The molecule has 5 rings (SSSR count). The minimum atomic E-state index is -0.0675. The van der Waals surface area contributed by atoms with E-state index in [0.29, 0.717) is 12.2 Å². The lowest BCUT2D eigenvalue weighted by atomic mass is 9.63. The third-order valence-corrected chi connectivity index (χ3v) is 4.39. The molecule has 2 bridgehead atoms. The number of fused-ring (bicyclic) bond motifs is 1. The molecular weight excluding hydrogens is 236 g/mol. The lowest BCUT2D eigenvalue weighted by molar-refractivity contribution is -0.120. The highest BCUT2D eigenvalue weighted by Crippen LogP contribution is 2.51. The van der Waals surface area contributed by atoms with Gasteiger partial charge in [-0.15, -0.1) is 0 Å². The SMILES string of the molecule is COc1ccc2c(c1)[C@H]1CC(=O)[C@@H]2c2ccccc21. The summed E-state index contributed by atoms with van der Waals surface area (Å²) in [5.41, 5.74) is 4.94. The number of ketones is 1. The summed E-state index contributed by atoms with van der Waals surface area (Å²) < 4.78 is 5.32. The van der Waals surface area contributed by atoms with Gasteiger partial charge >= 0.3 is 0 Å². The Balaban J connectivity index is 2.00. The minimum absolute atomic E-state index is 0.0675. The van der Waals surface area contributed by atoms with Gasteiger partial charge in [0, 0.05) is 12.3 Å². The molecule has 2 aromatic rings. The van der Waals surface area contributed by atoms with Crippen molar-refractivity contribution in [1.82, 2.24) is 0 Å². The summed E-state index contributed by atoms with van der Waals surface area (Å²) in [6, 6.07) is 14.4. The Morgan fingerprint density at radius 1 is 1.00 bits per heavy atom. The van der Waals surface area contributed by atoms with Crippen LogP contribution in [0.3, 0.4) is 0 Å². The van der Waals surface area contributed by atoms with Gasteiger partial charge in [-0.1, -0.05) is 30.3 Å². The molecule has 0 aliphatic heterocycles. The van der Waals surface area contributed by atoms with Crippen LogP contribution in [0.5, 0.6) is 5.75 Å². The van der Waals surface area contributed by atoms with Crippen molar-refractivity contribution >= 4 is 5.78 Å². The zero-order valence-electron chi connectivity index (χ0n) is 10.7. The average Bonchev–Trinajstić information content (AvgIpc) is 2.47. The van der Waals surface area contributed by atoms with Crippen LogP contribution in [-0.2, 0) is 4.79 Å². The number of carbonyl (C=O) groups is 1. The van der Waals surface area contributed by atoms with E-state index in [1.807, 2.05) is 12.1 Å². The molecular formula is C17H14O2. The first-order chi connectivity index (χ1) is 9.29. The Bertz CT molecular complexity index is 687. The van der Waals surface area contributed by atoms with Crippen molar-refractivity contribution in [2.24, 2.45) is 0 Å². The summed E-state index contributed by atoms with van der Waals surface area (Å²) in [5, 5.41) is 0. The van der Waals surface area contributed by atoms with E-state index in [9.17, 15) is 4.79 Å². The normalized spacial score (nSPS) is 22.9. The molecule has 0 spiro atoms. The van der Waals surface area contributed by atoms with Crippen molar-refractivity contribution < 1.29 is 9.53 Å². The summed E-state index contributed by atoms with van der Waals surface area (Å²) in [6.07, 6.45) is 0.627. The van der Waals surface area contributed by atoms with Crippen LogP contribution in [0.2, 0.25) is 0 Å². The molecule has 0 unspecified atom stereocenters. The molecule has 0 saturated carbocycles. The molecule has 2 atom stereocenters. The van der Waals surface area contributed by atoms with Crippen LogP contribution >= 0.6 is 0 Å². The van der Waals surface area contributed by atoms with Gasteiger partial charge in [0.15, 0.2) is 0 Å². The third kappa shape index (κ3) is 1.34. The van der Waals surface area contributed by atoms with E-state index in [2.05, 4.69) is 30.3 Å². The fourth-order valence-electron chi connectivity index (χ4n) is 3.56. The predicted molar refractivity (Wildman–Crippen MR) is 72.7 cm³/mol. The van der Waals surface area contributed by atoms with E-state index in [-0.39, 0.29) is 11.8 Å². The summed E-state index contributed by atoms with van der Waals surface area (Å²) in [7, 11) is 1.68. The fourth-order valence-corrected chi connectivity index (χ4v) is 3.56. The molecule has 0 amide bonds. The first kappa shape index (κ1) is 10.8. The maximum atomic E-state index is 12.3. The molecule has 2 nitrogen and oxygen atoms in total. The summed E-state index contributed by atoms with van der Waals surface area (Å²) >= 11 is 0. The van der Waals surface area contributed by atoms with Gasteiger partial charge in [-0.05, 0) is 34.4 Å². The van der Waals surface area contributed by atoms with Crippen molar-refractivity contribution in [2.75, 3.05) is 7.11 Å². The number of hydrogen-bond donors (Lipinski definition) is 0. The van der Waals surface area contributed by atoms with Gasteiger partial charge in [-0.2, -0.15) is 0 Å². The Kier molecular flexibility index (Phi) is 2.10. The molecule has 19 heavy (non-hydrogen) atoms. The topological polar surface area (TPSA) is 26.3 Å². The van der Waals surface area contributed by atoms with Crippen LogP contribution in [0, 0.1) is 0 Å². The molecule has 0 N–H and O–H groups in total. The summed E-state index contributed by atoms with van der Waals surface area (Å²) in [5.74, 6) is 1.36. The maximum Gasteiger partial charge on any atom is 0.145 e. The second-order valence-electron chi connectivity index (χ2n) is 5.28. The van der Waals surface area contributed by atoms with Crippen LogP contribution in [0.15, 0.2) is 42.5 Å². The average molecular weight is 250 g/mol. The van der Waals surface area contributed by atoms with E-state index in [0.717, 1.165) is 5.75 Å². The number of benzene rings is 2. The lowest BCUT2D eigenvalue weighted by Gasteiger charge is -2.39. The van der Waals surface area contributed by atoms with E-state index >= 15 is 0 Å². The molecule has 0 heterocycles. The fraction of sp³-hybridized carbons (Fsp3) is 0.235. The molecule has 0 saturated heterocycles. The van der Waals surface area contributed by atoms with E-state index in [1.165, 1.54) is 22.3 Å². The number of methoxy groups -OCH3 is 1. The number of hydrogen-bond acceptors (Lipinski definition) is 2. The van der Waals surface area contributed by atoms with Gasteiger partial charge in [-0.25, -0.2) is 0 Å². The second-order valence-corrected chi connectivity index (χ2v) is 5.28. The molecule has 3 aliphatic carbocycles. The van der Waals surface area contributed by atoms with Gasteiger partial charge in [0.1, 0.15) is 11.5 Å². The van der Waals surface area contributed by atoms with Gasteiger partial charge in [0.2, 0.25) is 0 Å². The highest BCUT2D eigenvalue weighted by Gasteiger charge is 2.42. The quantitative estimate of drug-likeness (QED) is 0.776. The van der Waals surface area contributed by atoms with Crippen molar-refractivity contribution in [1.29, 1.82) is 0 Å². The Morgan fingerprint density at radius 2 is 1.74 bits per heavy atom. The van der Waals surface area contributed by atoms with E-state index in [1.54, 1.807) is 7.11 Å². The number of ether oxygens (including phenoxy) is 1. The Labute approximate surface area is 112 Å². The summed E-state index contributed by atoms with van der Waals surface area (Å²) in [6.45, 7) is 0. The molecule has 94 valence electrons. The van der Waals surface area contributed by atoms with Crippen LogP contribution in [-0.4, -0.2) is 12.9 Å². The molecule has 2 heteroatoms. The van der Waals surface area contributed by atoms with E-state index in [4.69, 9.17) is 4.74 Å². The van der Waals surface area contributed by atoms with Gasteiger partial charge < -0.3 is 4.74 Å². The third-order valence-electron chi connectivity index (χ3n) is 4.39. The highest BCUT2D eigenvalue weighted by atomic mass is 16.5. The van der Waals surface area contributed by atoms with Gasteiger partial charge in [-0.3, -0.25) is 4.79 Å². The van der Waals surface area contributed by atoms with E-state index < -0.39 is 0 Å². The zero-order chi connectivity index (χ0) is 13.0. The van der Waals surface area contributed by atoms with Gasteiger partial charge in [0.05, 0.1) is 13.0 Å².